The van der Waals surface area contributed by atoms with Gasteiger partial charge in [0.05, 0.1) is 10.7 Å². The molecule has 0 bridgehead atoms. The van der Waals surface area contributed by atoms with Crippen molar-refractivity contribution in [2.45, 2.75) is 6.92 Å². The number of rotatable bonds is 2. The van der Waals surface area contributed by atoms with E-state index < -0.39 is 0 Å². The first-order valence-electron chi connectivity index (χ1n) is 2.84. The van der Waals surface area contributed by atoms with E-state index in [1.54, 1.807) is 0 Å². The summed E-state index contributed by atoms with van der Waals surface area (Å²) >= 11 is 5.30. The Morgan fingerprint density at radius 3 is 1.91 bits per heavy atom. The van der Waals surface area contributed by atoms with Gasteiger partial charge in [0.25, 0.3) is 0 Å². The number of hydrogen-bond donors (Lipinski definition) is 3. The predicted octanol–water partition coefficient (Wildman–Crippen LogP) is -0.257. The summed E-state index contributed by atoms with van der Waals surface area (Å²) in [6, 6.07) is 0. The van der Waals surface area contributed by atoms with Crippen LogP contribution < -0.4 is 17.2 Å². The Labute approximate surface area is 69.7 Å². The Balaban J connectivity index is 4.81. The minimum Gasteiger partial charge on any atom is -0.389 e. The molecule has 0 atom stereocenters. The molecule has 0 aliphatic rings. The number of hydrogen-bond acceptors (Lipinski definition) is 4. The lowest BCUT2D eigenvalue weighted by Gasteiger charge is -1.98. The highest BCUT2D eigenvalue weighted by molar-refractivity contribution is 6.29. The van der Waals surface area contributed by atoms with Crippen molar-refractivity contribution in [3.63, 3.8) is 0 Å². The molecule has 4 nitrogen and oxygen atoms in total. The smallest absolute Gasteiger partial charge is 0.163 e. The van der Waals surface area contributed by atoms with Gasteiger partial charge >= 0.3 is 0 Å². The molecule has 0 aromatic heterocycles. The van der Waals surface area contributed by atoms with Crippen LogP contribution >= 0.6 is 11.6 Å². The third-order valence-corrected chi connectivity index (χ3v) is 1.08. The molecule has 6 N–H and O–H groups in total. The molecule has 0 saturated heterocycles. The SMILES string of the molecule is CC(=O)C(/C=C(\N)Cl)=C(N)N. The van der Waals surface area contributed by atoms with Gasteiger partial charge in [0.2, 0.25) is 0 Å². The topological polar surface area (TPSA) is 95.1 Å². The van der Waals surface area contributed by atoms with Crippen LogP contribution in [0.15, 0.2) is 22.6 Å². The van der Waals surface area contributed by atoms with E-state index in [1.165, 1.54) is 13.0 Å². The van der Waals surface area contributed by atoms with Crippen LogP contribution in [-0.2, 0) is 4.79 Å². The first kappa shape index (κ1) is 9.84. The lowest BCUT2D eigenvalue weighted by molar-refractivity contribution is -0.113. The average molecular weight is 176 g/mol. The normalized spacial score (nSPS) is 10.9. The molecule has 0 fully saturated rings. The quantitative estimate of drug-likeness (QED) is 0.306. The Bertz CT molecular complexity index is 224. The summed E-state index contributed by atoms with van der Waals surface area (Å²) < 4.78 is 0. The minimum atomic E-state index is -0.270. The minimum absolute atomic E-state index is 0.0244. The molecule has 0 aromatic carbocycles. The maximum absolute atomic E-state index is 10.7. The Morgan fingerprint density at radius 1 is 1.36 bits per heavy atom. The zero-order chi connectivity index (χ0) is 9.02. The molecule has 0 aromatic rings. The molecular formula is C6H10ClN3O. The van der Waals surface area contributed by atoms with Gasteiger partial charge in [0, 0.05) is 0 Å². The van der Waals surface area contributed by atoms with Gasteiger partial charge in [-0.1, -0.05) is 11.6 Å². The van der Waals surface area contributed by atoms with Gasteiger partial charge in [-0.25, -0.2) is 0 Å². The highest BCUT2D eigenvalue weighted by atomic mass is 35.5. The standard InChI is InChI=1S/C6H10ClN3O/c1-3(11)4(6(9)10)2-5(7)8/h2H,8-10H2,1H3/b5-2-. The molecule has 0 unspecified atom stereocenters. The number of Topliss-reactive ketones (excluding diaryl/α,β-unsaturated/α-hetero) is 1. The van der Waals surface area contributed by atoms with Gasteiger partial charge in [0.1, 0.15) is 5.82 Å². The Morgan fingerprint density at radius 2 is 1.82 bits per heavy atom. The van der Waals surface area contributed by atoms with Crippen molar-refractivity contribution < 1.29 is 4.79 Å². The van der Waals surface area contributed by atoms with Crippen LogP contribution in [0.25, 0.3) is 0 Å². The predicted molar refractivity (Wildman–Crippen MR) is 44.2 cm³/mol. The first-order chi connectivity index (χ1) is 4.95. The summed E-state index contributed by atoms with van der Waals surface area (Å²) in [5, 5.41) is -0.0244. The molecule has 0 spiro atoms. The maximum atomic E-state index is 10.7. The summed E-state index contributed by atoms with van der Waals surface area (Å²) in [5.74, 6) is -0.352. The van der Waals surface area contributed by atoms with Crippen LogP contribution in [-0.4, -0.2) is 5.78 Å². The first-order valence-corrected chi connectivity index (χ1v) is 3.21. The molecule has 0 heterocycles. The zero-order valence-electron chi connectivity index (χ0n) is 6.10. The van der Waals surface area contributed by atoms with E-state index in [-0.39, 0.29) is 22.3 Å². The maximum Gasteiger partial charge on any atom is 0.163 e. The van der Waals surface area contributed by atoms with Crippen LogP contribution in [0.5, 0.6) is 0 Å². The summed E-state index contributed by atoms with van der Waals surface area (Å²) in [5.41, 5.74) is 15.6. The van der Waals surface area contributed by atoms with Crippen molar-refractivity contribution in [1.29, 1.82) is 0 Å². The van der Waals surface area contributed by atoms with Crippen molar-refractivity contribution in [3.05, 3.63) is 22.6 Å². The van der Waals surface area contributed by atoms with Crippen molar-refractivity contribution in [2.75, 3.05) is 0 Å². The van der Waals surface area contributed by atoms with E-state index in [2.05, 4.69) is 0 Å². The van der Waals surface area contributed by atoms with Gasteiger partial charge in [0.15, 0.2) is 5.78 Å². The molecular weight excluding hydrogens is 166 g/mol. The molecule has 0 radical (unpaired) electrons. The fourth-order valence-electron chi connectivity index (χ4n) is 0.526. The van der Waals surface area contributed by atoms with E-state index in [0.717, 1.165) is 0 Å². The van der Waals surface area contributed by atoms with Crippen molar-refractivity contribution in [2.24, 2.45) is 17.2 Å². The van der Waals surface area contributed by atoms with Gasteiger partial charge in [-0.3, -0.25) is 4.79 Å². The largest absolute Gasteiger partial charge is 0.389 e. The number of halogens is 1. The number of carbonyl (C=O) groups excluding carboxylic acids is 1. The fraction of sp³-hybridized carbons (Fsp3) is 0.167. The third kappa shape index (κ3) is 3.52. The van der Waals surface area contributed by atoms with Crippen LogP contribution in [0.3, 0.4) is 0 Å². The van der Waals surface area contributed by atoms with Gasteiger partial charge < -0.3 is 17.2 Å². The van der Waals surface area contributed by atoms with Gasteiger partial charge in [-0.2, -0.15) is 0 Å². The van der Waals surface area contributed by atoms with Crippen LogP contribution in [0.4, 0.5) is 0 Å². The summed E-state index contributed by atoms with van der Waals surface area (Å²) in [4.78, 5) is 10.7. The van der Waals surface area contributed by atoms with E-state index in [0.29, 0.717) is 0 Å². The summed E-state index contributed by atoms with van der Waals surface area (Å²) in [7, 11) is 0. The van der Waals surface area contributed by atoms with Crippen molar-refractivity contribution in [1.82, 2.24) is 0 Å². The van der Waals surface area contributed by atoms with Crippen molar-refractivity contribution >= 4 is 17.4 Å². The van der Waals surface area contributed by atoms with Crippen LogP contribution in [0, 0.1) is 0 Å². The molecule has 0 amide bonds. The summed E-state index contributed by atoms with van der Waals surface area (Å²) in [6.07, 6.45) is 1.22. The number of ketones is 1. The van der Waals surface area contributed by atoms with Crippen LogP contribution in [0.2, 0.25) is 0 Å². The second-order valence-corrected chi connectivity index (χ2v) is 2.39. The monoisotopic (exact) mass is 175 g/mol. The molecule has 11 heavy (non-hydrogen) atoms. The number of nitrogens with two attached hydrogens (primary N) is 3. The summed E-state index contributed by atoms with van der Waals surface area (Å²) in [6.45, 7) is 1.32. The average Bonchev–Trinajstić information content (AvgIpc) is 1.81. The van der Waals surface area contributed by atoms with Crippen LogP contribution in [0.1, 0.15) is 6.92 Å². The third-order valence-electron chi connectivity index (χ3n) is 0.973. The van der Waals surface area contributed by atoms with Gasteiger partial charge in [-0.15, -0.1) is 0 Å². The Kier molecular flexibility index (Phi) is 3.47. The zero-order valence-corrected chi connectivity index (χ0v) is 6.85. The molecule has 0 rings (SSSR count). The Hall–Kier alpha value is -1.16. The highest BCUT2D eigenvalue weighted by Gasteiger charge is 2.03. The molecule has 0 saturated carbocycles. The molecule has 5 heteroatoms. The van der Waals surface area contributed by atoms with Gasteiger partial charge in [-0.05, 0) is 13.0 Å². The molecule has 0 aliphatic heterocycles. The number of allylic oxidation sites excluding steroid dienone is 2. The van der Waals surface area contributed by atoms with Crippen molar-refractivity contribution in [3.8, 4) is 0 Å². The van der Waals surface area contributed by atoms with E-state index in [1.807, 2.05) is 0 Å². The van der Waals surface area contributed by atoms with E-state index in [4.69, 9.17) is 28.8 Å². The molecule has 0 aliphatic carbocycles. The van der Waals surface area contributed by atoms with E-state index >= 15 is 0 Å². The second-order valence-electron chi connectivity index (χ2n) is 1.95. The number of carbonyl (C=O) groups is 1. The lowest BCUT2D eigenvalue weighted by Crippen LogP contribution is -2.15. The molecule has 62 valence electrons. The fourth-order valence-corrected chi connectivity index (χ4v) is 0.635. The lowest BCUT2D eigenvalue weighted by atomic mass is 10.2. The highest BCUT2D eigenvalue weighted by Crippen LogP contribution is 2.03. The second kappa shape index (κ2) is 3.88. The van der Waals surface area contributed by atoms with E-state index in [9.17, 15) is 4.79 Å².